The van der Waals surface area contributed by atoms with Crippen LogP contribution in [0.5, 0.6) is 5.75 Å². The molecule has 0 aliphatic carbocycles. The van der Waals surface area contributed by atoms with E-state index < -0.39 is 11.9 Å². The van der Waals surface area contributed by atoms with Crippen LogP contribution < -0.4 is 4.74 Å². The van der Waals surface area contributed by atoms with Gasteiger partial charge in [-0.15, -0.1) is 0 Å². The molecule has 17 heavy (non-hydrogen) atoms. The third kappa shape index (κ3) is 2.97. The highest BCUT2D eigenvalue weighted by molar-refractivity contribution is 5.71. The lowest BCUT2D eigenvalue weighted by Gasteiger charge is -2.34. The summed E-state index contributed by atoms with van der Waals surface area (Å²) in [4.78, 5) is 13.3. The Kier molecular flexibility index (Phi) is 3.64. The van der Waals surface area contributed by atoms with Gasteiger partial charge in [0.2, 0.25) is 0 Å². The number of likely N-dealkylation sites (N-methyl/N-ethyl adjacent to an activating group) is 1. The highest BCUT2D eigenvalue weighted by Gasteiger charge is 2.34. The highest BCUT2D eigenvalue weighted by atomic mass is 16.5. The van der Waals surface area contributed by atoms with Gasteiger partial charge in [-0.25, -0.2) is 0 Å². The fourth-order valence-corrected chi connectivity index (χ4v) is 2.15. The van der Waals surface area contributed by atoms with Gasteiger partial charge in [-0.05, 0) is 32.1 Å². The number of hydrogen-bond acceptors (Lipinski definition) is 3. The molecule has 1 heterocycles. The van der Waals surface area contributed by atoms with E-state index in [2.05, 4.69) is 4.90 Å². The average molecular weight is 235 g/mol. The minimum Gasteiger partial charge on any atom is -0.488 e. The molecule has 0 amide bonds. The predicted octanol–water partition coefficient (Wildman–Crippen LogP) is 1.47. The molecule has 4 heteroatoms. The van der Waals surface area contributed by atoms with E-state index in [9.17, 15) is 9.90 Å². The maximum atomic E-state index is 11.2. The normalized spacial score (nSPS) is 25.5. The zero-order valence-electron chi connectivity index (χ0n) is 9.87. The van der Waals surface area contributed by atoms with Crippen molar-refractivity contribution in [2.24, 2.45) is 5.92 Å². The van der Waals surface area contributed by atoms with E-state index in [1.165, 1.54) is 0 Å². The molecule has 1 fully saturated rings. The number of carboxylic acid groups (broad SMARTS) is 1. The molecule has 0 radical (unpaired) electrons. The van der Waals surface area contributed by atoms with E-state index in [-0.39, 0.29) is 6.10 Å². The molecule has 92 valence electrons. The number of carbonyl (C=O) groups is 1. The lowest BCUT2D eigenvalue weighted by molar-refractivity contribution is -0.147. The van der Waals surface area contributed by atoms with Gasteiger partial charge in [0.05, 0.1) is 5.92 Å². The number of rotatable bonds is 3. The highest BCUT2D eigenvalue weighted by Crippen LogP contribution is 2.22. The topological polar surface area (TPSA) is 49.8 Å². The Morgan fingerprint density at radius 2 is 2.12 bits per heavy atom. The molecule has 0 aromatic heterocycles. The van der Waals surface area contributed by atoms with E-state index in [0.29, 0.717) is 13.0 Å². The van der Waals surface area contributed by atoms with Crippen LogP contribution in [0.1, 0.15) is 6.42 Å². The van der Waals surface area contributed by atoms with Gasteiger partial charge in [0.1, 0.15) is 11.9 Å². The lowest BCUT2D eigenvalue weighted by atomic mass is 9.94. The van der Waals surface area contributed by atoms with E-state index in [4.69, 9.17) is 4.74 Å². The zero-order valence-corrected chi connectivity index (χ0v) is 9.87. The standard InChI is InChI=1S/C13H17NO3/c1-14-8-7-11(13(15)16)12(9-14)17-10-5-3-2-4-6-10/h2-6,11-12H,7-9H2,1H3,(H,15,16)/t11-,12-/m1/s1. The van der Waals surface area contributed by atoms with Crippen molar-refractivity contribution >= 4 is 5.97 Å². The first-order chi connectivity index (χ1) is 8.16. The van der Waals surface area contributed by atoms with Gasteiger partial charge in [-0.2, -0.15) is 0 Å². The minimum absolute atomic E-state index is 0.270. The number of carboxylic acids is 1. The zero-order chi connectivity index (χ0) is 12.3. The maximum absolute atomic E-state index is 11.2. The molecule has 1 aromatic carbocycles. The molecule has 0 bridgehead atoms. The van der Waals surface area contributed by atoms with Crippen LogP contribution in [0.4, 0.5) is 0 Å². The van der Waals surface area contributed by atoms with Crippen LogP contribution in [0.25, 0.3) is 0 Å². The van der Waals surface area contributed by atoms with Crippen molar-refractivity contribution in [3.05, 3.63) is 30.3 Å². The van der Waals surface area contributed by atoms with Gasteiger partial charge in [0.15, 0.2) is 0 Å². The van der Waals surface area contributed by atoms with Crippen molar-refractivity contribution in [2.75, 3.05) is 20.1 Å². The summed E-state index contributed by atoms with van der Waals surface area (Å²) in [5.41, 5.74) is 0. The molecule has 1 aliphatic heterocycles. The first-order valence-electron chi connectivity index (χ1n) is 5.80. The molecular weight excluding hydrogens is 218 g/mol. The number of piperidine rings is 1. The Morgan fingerprint density at radius 3 is 2.76 bits per heavy atom. The van der Waals surface area contributed by atoms with Gasteiger partial charge in [-0.3, -0.25) is 4.79 Å². The van der Waals surface area contributed by atoms with Gasteiger partial charge < -0.3 is 14.7 Å². The number of hydrogen-bond donors (Lipinski definition) is 1. The number of ether oxygens (including phenoxy) is 1. The van der Waals surface area contributed by atoms with E-state index >= 15 is 0 Å². The molecular formula is C13H17NO3. The number of aliphatic carboxylic acids is 1. The fourth-order valence-electron chi connectivity index (χ4n) is 2.15. The summed E-state index contributed by atoms with van der Waals surface area (Å²) in [5, 5.41) is 9.17. The van der Waals surface area contributed by atoms with Crippen molar-refractivity contribution in [3.63, 3.8) is 0 Å². The largest absolute Gasteiger partial charge is 0.488 e. The molecule has 1 aromatic rings. The third-order valence-corrected chi connectivity index (χ3v) is 3.11. The molecule has 1 saturated heterocycles. The van der Waals surface area contributed by atoms with Crippen LogP contribution >= 0.6 is 0 Å². The van der Waals surface area contributed by atoms with Gasteiger partial charge >= 0.3 is 5.97 Å². The minimum atomic E-state index is -0.765. The molecule has 0 unspecified atom stereocenters. The van der Waals surface area contributed by atoms with Crippen LogP contribution in [0.15, 0.2) is 30.3 Å². The third-order valence-electron chi connectivity index (χ3n) is 3.11. The summed E-state index contributed by atoms with van der Waals surface area (Å²) in [7, 11) is 1.99. The van der Waals surface area contributed by atoms with Gasteiger partial charge in [0, 0.05) is 6.54 Å². The summed E-state index contributed by atoms with van der Waals surface area (Å²) in [5.74, 6) is -0.440. The number of benzene rings is 1. The summed E-state index contributed by atoms with van der Waals surface area (Å²) in [6, 6.07) is 9.39. The van der Waals surface area contributed by atoms with Crippen LogP contribution in [-0.4, -0.2) is 42.2 Å². The second kappa shape index (κ2) is 5.19. The van der Waals surface area contributed by atoms with Crippen molar-refractivity contribution in [1.82, 2.24) is 4.90 Å². The average Bonchev–Trinajstić information content (AvgIpc) is 2.30. The van der Waals surface area contributed by atoms with Crippen LogP contribution in [0.2, 0.25) is 0 Å². The summed E-state index contributed by atoms with van der Waals surface area (Å²) < 4.78 is 5.78. The summed E-state index contributed by atoms with van der Waals surface area (Å²) in [6.07, 6.45) is 0.372. The predicted molar refractivity (Wildman–Crippen MR) is 64.1 cm³/mol. The van der Waals surface area contributed by atoms with Gasteiger partial charge in [0.25, 0.3) is 0 Å². The Bertz CT molecular complexity index is 380. The second-order valence-corrected chi connectivity index (χ2v) is 4.47. The number of likely N-dealkylation sites (tertiary alicyclic amines) is 1. The SMILES string of the molecule is CN1CC[C@@H](C(=O)O)[C@H](Oc2ccccc2)C1. The molecule has 0 saturated carbocycles. The van der Waals surface area contributed by atoms with Crippen molar-refractivity contribution < 1.29 is 14.6 Å². The molecule has 2 rings (SSSR count). The Balaban J connectivity index is 2.08. The van der Waals surface area contributed by atoms with Gasteiger partial charge in [-0.1, -0.05) is 18.2 Å². The Hall–Kier alpha value is -1.55. The second-order valence-electron chi connectivity index (χ2n) is 4.47. The van der Waals surface area contributed by atoms with Crippen LogP contribution in [0.3, 0.4) is 0 Å². The van der Waals surface area contributed by atoms with Crippen LogP contribution in [-0.2, 0) is 4.79 Å². The van der Waals surface area contributed by atoms with Crippen molar-refractivity contribution in [1.29, 1.82) is 0 Å². The first-order valence-corrected chi connectivity index (χ1v) is 5.80. The Labute approximate surface area is 101 Å². The monoisotopic (exact) mass is 235 g/mol. The molecule has 1 N–H and O–H groups in total. The number of nitrogens with zero attached hydrogens (tertiary/aromatic N) is 1. The molecule has 4 nitrogen and oxygen atoms in total. The first kappa shape index (κ1) is 11.9. The smallest absolute Gasteiger partial charge is 0.310 e. The molecule has 2 atom stereocenters. The van der Waals surface area contributed by atoms with Crippen molar-refractivity contribution in [3.8, 4) is 5.75 Å². The van der Waals surface area contributed by atoms with E-state index in [1.54, 1.807) is 0 Å². The number of para-hydroxylation sites is 1. The fraction of sp³-hybridized carbons (Fsp3) is 0.462. The molecule has 1 aliphatic rings. The maximum Gasteiger partial charge on any atom is 0.310 e. The lowest BCUT2D eigenvalue weighted by Crippen LogP contribution is -2.47. The quantitative estimate of drug-likeness (QED) is 0.862. The molecule has 0 spiro atoms. The summed E-state index contributed by atoms with van der Waals surface area (Å²) >= 11 is 0. The Morgan fingerprint density at radius 1 is 1.41 bits per heavy atom. The van der Waals surface area contributed by atoms with E-state index in [1.807, 2.05) is 37.4 Å². The van der Waals surface area contributed by atoms with Crippen LogP contribution in [0, 0.1) is 5.92 Å². The van der Waals surface area contributed by atoms with E-state index in [0.717, 1.165) is 12.3 Å². The van der Waals surface area contributed by atoms with Crippen molar-refractivity contribution in [2.45, 2.75) is 12.5 Å². The summed E-state index contributed by atoms with van der Waals surface area (Å²) in [6.45, 7) is 1.47.